The first-order valence-electron chi connectivity index (χ1n) is 8.68. The number of nitrogens with zero attached hydrogens (tertiary/aromatic N) is 1. The average molecular weight is 377 g/mol. The Morgan fingerprint density at radius 1 is 0.889 bits per heavy atom. The summed E-state index contributed by atoms with van der Waals surface area (Å²) in [5.74, 6) is -0.280. The van der Waals surface area contributed by atoms with Crippen LogP contribution in [-0.2, 0) is 6.42 Å². The van der Waals surface area contributed by atoms with E-state index in [4.69, 9.17) is 11.6 Å². The van der Waals surface area contributed by atoms with Gasteiger partial charge in [0.25, 0.3) is 11.8 Å². The summed E-state index contributed by atoms with van der Waals surface area (Å²) in [4.78, 5) is 26.9. The topological polar surface area (TPSA) is 49.4 Å². The normalized spacial score (nSPS) is 12.6. The van der Waals surface area contributed by atoms with Crippen molar-refractivity contribution < 1.29 is 9.59 Å². The van der Waals surface area contributed by atoms with Crippen LogP contribution in [0.5, 0.6) is 0 Å². The molecule has 0 aromatic heterocycles. The second-order valence-electron chi connectivity index (χ2n) is 6.38. The van der Waals surface area contributed by atoms with E-state index in [-0.39, 0.29) is 11.8 Å². The number of rotatable bonds is 3. The van der Waals surface area contributed by atoms with Gasteiger partial charge in [0.2, 0.25) is 0 Å². The molecule has 1 aliphatic rings. The van der Waals surface area contributed by atoms with Gasteiger partial charge < -0.3 is 10.2 Å². The van der Waals surface area contributed by atoms with Crippen molar-refractivity contribution >= 4 is 34.8 Å². The summed E-state index contributed by atoms with van der Waals surface area (Å²) < 4.78 is 0. The van der Waals surface area contributed by atoms with Crippen molar-refractivity contribution in [3.05, 3.63) is 94.5 Å². The number of hydrogen-bond acceptors (Lipinski definition) is 2. The molecule has 0 saturated carbocycles. The molecule has 0 fully saturated rings. The molecule has 1 N–H and O–H groups in total. The number of anilines is 2. The summed E-state index contributed by atoms with van der Waals surface area (Å²) in [5.41, 5.74) is 3.86. The van der Waals surface area contributed by atoms with Gasteiger partial charge in [-0.2, -0.15) is 0 Å². The molecule has 2 amide bonds. The van der Waals surface area contributed by atoms with Crippen LogP contribution in [0.4, 0.5) is 11.4 Å². The van der Waals surface area contributed by atoms with E-state index in [1.807, 2.05) is 18.2 Å². The van der Waals surface area contributed by atoms with E-state index in [0.29, 0.717) is 28.4 Å². The van der Waals surface area contributed by atoms with E-state index in [1.54, 1.807) is 53.4 Å². The second kappa shape index (κ2) is 7.25. The molecule has 0 saturated heterocycles. The number of fused-ring (bicyclic) bond motifs is 1. The van der Waals surface area contributed by atoms with E-state index in [9.17, 15) is 9.59 Å². The van der Waals surface area contributed by atoms with Crippen molar-refractivity contribution in [2.75, 3.05) is 16.8 Å². The predicted octanol–water partition coefficient (Wildman–Crippen LogP) is 4.80. The lowest BCUT2D eigenvalue weighted by molar-refractivity contribution is 0.0988. The van der Waals surface area contributed by atoms with Gasteiger partial charge in [-0.3, -0.25) is 9.59 Å². The van der Waals surface area contributed by atoms with Gasteiger partial charge in [0, 0.05) is 34.1 Å². The van der Waals surface area contributed by atoms with Gasteiger partial charge in [0.05, 0.1) is 0 Å². The Balaban J connectivity index is 1.48. The molecule has 1 aliphatic heterocycles. The van der Waals surface area contributed by atoms with Gasteiger partial charge in [0.1, 0.15) is 0 Å². The van der Waals surface area contributed by atoms with Crippen LogP contribution in [0.3, 0.4) is 0 Å². The van der Waals surface area contributed by atoms with Crippen molar-refractivity contribution in [1.82, 2.24) is 0 Å². The van der Waals surface area contributed by atoms with E-state index in [1.165, 1.54) is 5.56 Å². The zero-order chi connectivity index (χ0) is 18.8. The maximum Gasteiger partial charge on any atom is 0.258 e. The third-order valence-electron chi connectivity index (χ3n) is 4.61. The first-order valence-corrected chi connectivity index (χ1v) is 9.06. The Bertz CT molecular complexity index is 1010. The Hall–Kier alpha value is -3.11. The molecule has 0 radical (unpaired) electrons. The van der Waals surface area contributed by atoms with Crippen LogP contribution in [-0.4, -0.2) is 18.4 Å². The molecule has 134 valence electrons. The van der Waals surface area contributed by atoms with Gasteiger partial charge in [-0.25, -0.2) is 0 Å². The second-order valence-corrected chi connectivity index (χ2v) is 6.81. The maximum absolute atomic E-state index is 12.8. The number of hydrogen-bond donors (Lipinski definition) is 1. The molecule has 0 bridgehead atoms. The molecule has 1 heterocycles. The van der Waals surface area contributed by atoms with Gasteiger partial charge in [-0.05, 0) is 60.5 Å². The standard InChI is InChI=1S/C22H17ClN2O2/c23-18-6-3-5-17(14-18)21(26)24-19-10-8-16(9-11-19)22(27)25-13-12-15-4-1-2-7-20(15)25/h1-11,14H,12-13H2,(H,24,26). The van der Waals surface area contributed by atoms with Gasteiger partial charge in [-0.1, -0.05) is 35.9 Å². The first kappa shape index (κ1) is 17.3. The van der Waals surface area contributed by atoms with Crippen LogP contribution in [0.2, 0.25) is 5.02 Å². The highest BCUT2D eigenvalue weighted by molar-refractivity contribution is 6.31. The molecule has 0 spiro atoms. The fourth-order valence-electron chi connectivity index (χ4n) is 3.23. The zero-order valence-electron chi connectivity index (χ0n) is 14.5. The fraction of sp³-hybridized carbons (Fsp3) is 0.0909. The molecule has 27 heavy (non-hydrogen) atoms. The van der Waals surface area contributed by atoms with Crippen molar-refractivity contribution in [3.8, 4) is 0 Å². The predicted molar refractivity (Wildman–Crippen MR) is 108 cm³/mol. The molecule has 4 rings (SSSR count). The molecule has 0 unspecified atom stereocenters. The molecule has 4 nitrogen and oxygen atoms in total. The molecule has 3 aromatic carbocycles. The SMILES string of the molecule is O=C(Nc1ccc(C(=O)N2CCc3ccccc32)cc1)c1cccc(Cl)c1. The summed E-state index contributed by atoms with van der Waals surface area (Å²) >= 11 is 5.92. The highest BCUT2D eigenvalue weighted by atomic mass is 35.5. The minimum atomic E-state index is -0.245. The summed E-state index contributed by atoms with van der Waals surface area (Å²) in [6.45, 7) is 0.686. The number of carbonyl (C=O) groups is 2. The van der Waals surface area contributed by atoms with Crippen molar-refractivity contribution in [1.29, 1.82) is 0 Å². The summed E-state index contributed by atoms with van der Waals surface area (Å²) in [6, 6.07) is 21.6. The van der Waals surface area contributed by atoms with Crippen molar-refractivity contribution in [3.63, 3.8) is 0 Å². The summed E-state index contributed by atoms with van der Waals surface area (Å²) in [6.07, 6.45) is 0.871. The van der Waals surface area contributed by atoms with E-state index < -0.39 is 0 Å². The number of amides is 2. The Morgan fingerprint density at radius 2 is 1.67 bits per heavy atom. The third-order valence-corrected chi connectivity index (χ3v) is 4.84. The molecular formula is C22H17ClN2O2. The van der Waals surface area contributed by atoms with Gasteiger partial charge >= 0.3 is 0 Å². The van der Waals surface area contributed by atoms with Crippen molar-refractivity contribution in [2.45, 2.75) is 6.42 Å². The average Bonchev–Trinajstić information content (AvgIpc) is 3.12. The van der Waals surface area contributed by atoms with E-state index >= 15 is 0 Å². The summed E-state index contributed by atoms with van der Waals surface area (Å²) in [5, 5.41) is 3.32. The third kappa shape index (κ3) is 3.57. The largest absolute Gasteiger partial charge is 0.322 e. The fourth-order valence-corrected chi connectivity index (χ4v) is 3.42. The maximum atomic E-state index is 12.8. The lowest BCUT2D eigenvalue weighted by atomic mass is 10.1. The lowest BCUT2D eigenvalue weighted by Crippen LogP contribution is -2.28. The van der Waals surface area contributed by atoms with Crippen molar-refractivity contribution in [2.24, 2.45) is 0 Å². The number of carbonyl (C=O) groups excluding carboxylic acids is 2. The van der Waals surface area contributed by atoms with Gasteiger partial charge in [0.15, 0.2) is 0 Å². The molecular weight excluding hydrogens is 360 g/mol. The van der Waals surface area contributed by atoms with Gasteiger partial charge in [-0.15, -0.1) is 0 Å². The van der Waals surface area contributed by atoms with Crippen LogP contribution in [0, 0.1) is 0 Å². The summed E-state index contributed by atoms with van der Waals surface area (Å²) in [7, 11) is 0. The Labute approximate surface area is 162 Å². The number of halogens is 1. The number of para-hydroxylation sites is 1. The Morgan fingerprint density at radius 3 is 2.44 bits per heavy atom. The molecule has 0 atom stereocenters. The molecule has 0 aliphatic carbocycles. The van der Waals surface area contributed by atoms with Crippen LogP contribution >= 0.6 is 11.6 Å². The number of nitrogens with one attached hydrogen (secondary N) is 1. The molecule has 3 aromatic rings. The van der Waals surface area contributed by atoms with E-state index in [2.05, 4.69) is 11.4 Å². The highest BCUT2D eigenvalue weighted by Gasteiger charge is 2.25. The van der Waals surface area contributed by atoms with Crippen LogP contribution in [0.25, 0.3) is 0 Å². The first-order chi connectivity index (χ1) is 13.1. The van der Waals surface area contributed by atoms with Crippen LogP contribution in [0.15, 0.2) is 72.8 Å². The smallest absolute Gasteiger partial charge is 0.258 e. The van der Waals surface area contributed by atoms with Crippen LogP contribution < -0.4 is 10.2 Å². The van der Waals surface area contributed by atoms with Crippen LogP contribution in [0.1, 0.15) is 26.3 Å². The monoisotopic (exact) mass is 376 g/mol. The quantitative estimate of drug-likeness (QED) is 0.714. The lowest BCUT2D eigenvalue weighted by Gasteiger charge is -2.17. The number of benzene rings is 3. The Kier molecular flexibility index (Phi) is 4.65. The molecule has 5 heteroatoms. The minimum Gasteiger partial charge on any atom is -0.322 e. The highest BCUT2D eigenvalue weighted by Crippen LogP contribution is 2.29. The zero-order valence-corrected chi connectivity index (χ0v) is 15.2. The minimum absolute atomic E-state index is 0.0346. The van der Waals surface area contributed by atoms with E-state index in [0.717, 1.165) is 12.1 Å².